The fourth-order valence-electron chi connectivity index (χ4n) is 1.22. The minimum Gasteiger partial charge on any atom is -0.448 e. The van der Waals surface area contributed by atoms with Crippen molar-refractivity contribution in [3.63, 3.8) is 0 Å². The summed E-state index contributed by atoms with van der Waals surface area (Å²) in [6, 6.07) is 0. The molecule has 6 nitrogen and oxygen atoms in total. The Labute approximate surface area is 100.0 Å². The zero-order valence-corrected chi connectivity index (χ0v) is 10.3. The van der Waals surface area contributed by atoms with Crippen LogP contribution in [0.5, 0.6) is 0 Å². The predicted molar refractivity (Wildman–Crippen MR) is 60.4 cm³/mol. The average molecular weight is 242 g/mol. The second-order valence-corrected chi connectivity index (χ2v) is 4.56. The summed E-state index contributed by atoms with van der Waals surface area (Å²) in [5.41, 5.74) is -0.0111. The van der Waals surface area contributed by atoms with Gasteiger partial charge >= 0.3 is 6.09 Å². The second kappa shape index (κ2) is 5.67. The van der Waals surface area contributed by atoms with Crippen LogP contribution < -0.4 is 5.32 Å². The molecule has 2 N–H and O–H groups in total. The van der Waals surface area contributed by atoms with E-state index in [2.05, 4.69) is 10.3 Å². The first kappa shape index (κ1) is 13.5. The Morgan fingerprint density at radius 2 is 2.29 bits per heavy atom. The summed E-state index contributed by atoms with van der Waals surface area (Å²) < 4.78 is 10.1. The Kier molecular flexibility index (Phi) is 4.51. The molecule has 1 aromatic heterocycles. The molecule has 1 amide bonds. The van der Waals surface area contributed by atoms with Crippen LogP contribution in [0.2, 0.25) is 0 Å². The number of oxazole rings is 1. The number of nitrogens with one attached hydrogen (secondary N) is 1. The van der Waals surface area contributed by atoms with Gasteiger partial charge in [0.05, 0.1) is 6.61 Å². The van der Waals surface area contributed by atoms with Crippen molar-refractivity contribution < 1.29 is 19.1 Å². The van der Waals surface area contributed by atoms with Gasteiger partial charge in [-0.05, 0) is 20.8 Å². The summed E-state index contributed by atoms with van der Waals surface area (Å²) in [5, 5.41) is 11.5. The number of carbonyl (C=O) groups is 1. The van der Waals surface area contributed by atoms with Gasteiger partial charge in [-0.2, -0.15) is 0 Å². The van der Waals surface area contributed by atoms with E-state index in [1.807, 2.05) is 0 Å². The smallest absolute Gasteiger partial charge is 0.407 e. The van der Waals surface area contributed by atoms with Gasteiger partial charge in [0.25, 0.3) is 0 Å². The van der Waals surface area contributed by atoms with Crippen LogP contribution in [0.25, 0.3) is 0 Å². The molecule has 0 saturated carbocycles. The summed E-state index contributed by atoms with van der Waals surface area (Å²) in [4.78, 5) is 15.1. The summed E-state index contributed by atoms with van der Waals surface area (Å²) in [6.45, 7) is 5.60. The molecule has 6 heteroatoms. The minimum atomic E-state index is -0.507. The second-order valence-electron chi connectivity index (χ2n) is 4.56. The number of hydrogen-bond donors (Lipinski definition) is 2. The molecular formula is C11H18N2O4. The first-order chi connectivity index (χ1) is 7.92. The third kappa shape index (κ3) is 4.86. The molecule has 1 heterocycles. The van der Waals surface area contributed by atoms with Crippen LogP contribution in [0.4, 0.5) is 4.79 Å². The first-order valence-corrected chi connectivity index (χ1v) is 5.41. The Morgan fingerprint density at radius 3 is 2.88 bits per heavy atom. The van der Waals surface area contributed by atoms with Gasteiger partial charge in [-0.3, -0.25) is 0 Å². The molecule has 17 heavy (non-hydrogen) atoms. The molecule has 0 fully saturated rings. The van der Waals surface area contributed by atoms with Gasteiger partial charge in [0, 0.05) is 13.0 Å². The van der Waals surface area contributed by atoms with E-state index in [1.165, 1.54) is 6.39 Å². The van der Waals surface area contributed by atoms with Crippen LogP contribution in [0.15, 0.2) is 10.8 Å². The fourth-order valence-corrected chi connectivity index (χ4v) is 1.22. The highest BCUT2D eigenvalue weighted by Crippen LogP contribution is 2.08. The molecule has 0 radical (unpaired) electrons. The third-order valence-corrected chi connectivity index (χ3v) is 1.90. The Hall–Kier alpha value is -1.56. The molecule has 0 aliphatic carbocycles. The van der Waals surface area contributed by atoms with Crippen LogP contribution in [0.3, 0.4) is 0 Å². The number of aromatic nitrogens is 1. The van der Waals surface area contributed by atoms with E-state index < -0.39 is 11.7 Å². The molecule has 0 atom stereocenters. The molecule has 0 spiro atoms. The van der Waals surface area contributed by atoms with Crippen LogP contribution >= 0.6 is 0 Å². The average Bonchev–Trinajstić information content (AvgIpc) is 2.62. The van der Waals surface area contributed by atoms with Crippen LogP contribution in [-0.2, 0) is 17.8 Å². The third-order valence-electron chi connectivity index (χ3n) is 1.90. The molecule has 1 rings (SSSR count). The zero-order chi connectivity index (χ0) is 12.9. The normalized spacial score (nSPS) is 11.3. The summed E-state index contributed by atoms with van der Waals surface area (Å²) in [6.07, 6.45) is 1.27. The highest BCUT2D eigenvalue weighted by molar-refractivity contribution is 5.67. The van der Waals surface area contributed by atoms with Crippen molar-refractivity contribution in [1.82, 2.24) is 10.3 Å². The maximum Gasteiger partial charge on any atom is 0.407 e. The van der Waals surface area contributed by atoms with E-state index in [9.17, 15) is 4.79 Å². The minimum absolute atomic E-state index is 0.168. The summed E-state index contributed by atoms with van der Waals surface area (Å²) >= 11 is 0. The van der Waals surface area contributed by atoms with Crippen molar-refractivity contribution >= 4 is 6.09 Å². The summed E-state index contributed by atoms with van der Waals surface area (Å²) in [7, 11) is 0. The lowest BCUT2D eigenvalue weighted by atomic mass is 10.2. The van der Waals surface area contributed by atoms with Crippen molar-refractivity contribution in [2.24, 2.45) is 0 Å². The molecule has 1 aromatic rings. The SMILES string of the molecule is CC(C)(C)OC(=O)NCCc1ocnc1CO. The van der Waals surface area contributed by atoms with Crippen molar-refractivity contribution in [2.75, 3.05) is 6.54 Å². The summed E-state index contributed by atoms with van der Waals surface area (Å²) in [5.74, 6) is 0.573. The quantitative estimate of drug-likeness (QED) is 0.829. The van der Waals surface area contributed by atoms with Crippen LogP contribution in [0.1, 0.15) is 32.2 Å². The van der Waals surface area contributed by atoms with Crippen molar-refractivity contribution in [2.45, 2.75) is 39.4 Å². The molecule has 0 aliphatic rings. The van der Waals surface area contributed by atoms with Crippen molar-refractivity contribution in [3.8, 4) is 0 Å². The van der Waals surface area contributed by atoms with Crippen molar-refractivity contribution in [1.29, 1.82) is 0 Å². The molecule has 0 unspecified atom stereocenters. The number of hydrogen-bond acceptors (Lipinski definition) is 5. The Morgan fingerprint density at radius 1 is 1.59 bits per heavy atom. The maximum atomic E-state index is 11.3. The molecule has 0 saturated heterocycles. The van der Waals surface area contributed by atoms with Gasteiger partial charge in [0.2, 0.25) is 0 Å². The zero-order valence-electron chi connectivity index (χ0n) is 10.3. The highest BCUT2D eigenvalue weighted by atomic mass is 16.6. The highest BCUT2D eigenvalue weighted by Gasteiger charge is 2.16. The Balaban J connectivity index is 2.31. The van der Waals surface area contributed by atoms with E-state index in [4.69, 9.17) is 14.3 Å². The van der Waals surface area contributed by atoms with Crippen molar-refractivity contribution in [3.05, 3.63) is 17.8 Å². The first-order valence-electron chi connectivity index (χ1n) is 5.41. The number of rotatable bonds is 4. The number of amides is 1. The maximum absolute atomic E-state index is 11.3. The largest absolute Gasteiger partial charge is 0.448 e. The van der Waals surface area contributed by atoms with Gasteiger partial charge in [-0.1, -0.05) is 0 Å². The number of ether oxygens (including phenoxy) is 1. The number of carbonyl (C=O) groups excluding carboxylic acids is 1. The van der Waals surface area contributed by atoms with E-state index in [1.54, 1.807) is 20.8 Å². The number of nitrogens with zero attached hydrogens (tertiary/aromatic N) is 1. The van der Waals surface area contributed by atoms with Gasteiger partial charge in [-0.25, -0.2) is 9.78 Å². The Bertz CT molecular complexity index is 368. The lowest BCUT2D eigenvalue weighted by Crippen LogP contribution is -2.33. The van der Waals surface area contributed by atoms with E-state index >= 15 is 0 Å². The van der Waals surface area contributed by atoms with E-state index in [0.29, 0.717) is 24.4 Å². The molecule has 0 bridgehead atoms. The van der Waals surface area contributed by atoms with Gasteiger partial charge in [-0.15, -0.1) is 0 Å². The lowest BCUT2D eigenvalue weighted by molar-refractivity contribution is 0.0528. The fraction of sp³-hybridized carbons (Fsp3) is 0.636. The standard InChI is InChI=1S/C11H18N2O4/c1-11(2,3)17-10(15)12-5-4-9-8(6-14)13-7-16-9/h7,14H,4-6H2,1-3H3,(H,12,15). The number of alkyl carbamates (subject to hydrolysis) is 1. The lowest BCUT2D eigenvalue weighted by Gasteiger charge is -2.19. The monoisotopic (exact) mass is 242 g/mol. The van der Waals surface area contributed by atoms with E-state index in [-0.39, 0.29) is 6.61 Å². The molecular weight excluding hydrogens is 224 g/mol. The predicted octanol–water partition coefficient (Wildman–Crippen LogP) is 1.23. The molecule has 0 aromatic carbocycles. The molecule has 96 valence electrons. The van der Waals surface area contributed by atoms with E-state index in [0.717, 1.165) is 0 Å². The van der Waals surface area contributed by atoms with Crippen LogP contribution in [-0.4, -0.2) is 28.3 Å². The number of aliphatic hydroxyl groups is 1. The van der Waals surface area contributed by atoms with Gasteiger partial charge in [0.1, 0.15) is 17.1 Å². The van der Waals surface area contributed by atoms with Gasteiger partial charge in [0.15, 0.2) is 6.39 Å². The van der Waals surface area contributed by atoms with Gasteiger partial charge < -0.3 is 19.6 Å². The number of aliphatic hydroxyl groups excluding tert-OH is 1. The molecule has 0 aliphatic heterocycles. The van der Waals surface area contributed by atoms with Crippen LogP contribution in [0, 0.1) is 0 Å². The topological polar surface area (TPSA) is 84.6 Å².